The third-order valence-corrected chi connectivity index (χ3v) is 5.11. The Labute approximate surface area is 184 Å². The van der Waals surface area contributed by atoms with Gasteiger partial charge in [0.25, 0.3) is 5.91 Å². The lowest BCUT2D eigenvalue weighted by Crippen LogP contribution is -2.38. The highest BCUT2D eigenvalue weighted by Gasteiger charge is 2.35. The van der Waals surface area contributed by atoms with Crippen LogP contribution in [-0.2, 0) is 16.0 Å². The van der Waals surface area contributed by atoms with Gasteiger partial charge in [-0.05, 0) is 51.7 Å². The molecule has 3 rings (SSSR count). The molecule has 1 saturated heterocycles. The Morgan fingerprint density at radius 2 is 2.03 bits per heavy atom. The highest BCUT2D eigenvalue weighted by Crippen LogP contribution is 2.35. The van der Waals surface area contributed by atoms with E-state index in [1.165, 1.54) is 12.1 Å². The smallest absolute Gasteiger partial charge is 0.329 e. The number of amides is 4. The summed E-state index contributed by atoms with van der Waals surface area (Å²) in [7, 11) is 0. The van der Waals surface area contributed by atoms with Crippen LogP contribution in [0.4, 0.5) is 16.2 Å². The number of para-hydroxylation sites is 1. The number of anilines is 1. The van der Waals surface area contributed by atoms with Crippen LogP contribution in [0, 0.1) is 10.1 Å². The van der Waals surface area contributed by atoms with Gasteiger partial charge in [0.05, 0.1) is 9.40 Å². The number of phenols is 1. The predicted octanol–water partition coefficient (Wildman–Crippen LogP) is 3.16. The number of phenolic OH excluding ortho intramolecular Hbond substituents is 1. The third kappa shape index (κ3) is 4.72. The van der Waals surface area contributed by atoms with Crippen molar-refractivity contribution in [3.05, 3.63) is 67.8 Å². The Hall–Kier alpha value is -3.73. The van der Waals surface area contributed by atoms with E-state index in [1.807, 2.05) is 19.1 Å². The molecule has 2 aromatic rings. The van der Waals surface area contributed by atoms with Gasteiger partial charge >= 0.3 is 11.7 Å². The van der Waals surface area contributed by atoms with Gasteiger partial charge in [-0.15, -0.1) is 0 Å². The van der Waals surface area contributed by atoms with Crippen LogP contribution in [0.25, 0.3) is 6.08 Å². The summed E-state index contributed by atoms with van der Waals surface area (Å²) in [5.41, 5.74) is 0.984. The van der Waals surface area contributed by atoms with Crippen LogP contribution in [0.2, 0.25) is 0 Å². The zero-order valence-corrected chi connectivity index (χ0v) is 17.8. The minimum absolute atomic E-state index is 0.0520. The normalized spacial score (nSPS) is 14.6. The first-order valence-corrected chi connectivity index (χ1v) is 9.89. The van der Waals surface area contributed by atoms with Crippen LogP contribution >= 0.6 is 15.9 Å². The zero-order valence-electron chi connectivity index (χ0n) is 16.2. The van der Waals surface area contributed by atoms with E-state index in [4.69, 9.17) is 0 Å². The Kier molecular flexibility index (Phi) is 6.35. The first-order valence-electron chi connectivity index (χ1n) is 9.10. The molecule has 0 aliphatic carbocycles. The molecule has 0 spiro atoms. The van der Waals surface area contributed by atoms with E-state index in [0.717, 1.165) is 16.5 Å². The van der Waals surface area contributed by atoms with E-state index in [1.54, 1.807) is 12.1 Å². The molecule has 0 saturated carbocycles. The molecule has 31 heavy (non-hydrogen) atoms. The van der Waals surface area contributed by atoms with E-state index < -0.39 is 40.8 Å². The fraction of sp³-hybridized carbons (Fsp3) is 0.150. The summed E-state index contributed by atoms with van der Waals surface area (Å²) < 4.78 is 0.0520. The van der Waals surface area contributed by atoms with E-state index in [2.05, 4.69) is 26.6 Å². The molecule has 1 fully saturated rings. The largest absolute Gasteiger partial charge is 0.501 e. The van der Waals surface area contributed by atoms with Crippen LogP contribution in [0.15, 0.2) is 46.6 Å². The zero-order chi connectivity index (χ0) is 22.7. The number of imide groups is 1. The molecule has 2 aromatic carbocycles. The molecule has 0 aromatic heterocycles. The van der Waals surface area contributed by atoms with Crippen LogP contribution in [-0.4, -0.2) is 39.3 Å². The number of nitro benzene ring substituents is 1. The molecule has 10 nitrogen and oxygen atoms in total. The molecule has 0 atom stereocenters. The molecule has 1 heterocycles. The number of halogens is 1. The van der Waals surface area contributed by atoms with Crippen LogP contribution in [0.5, 0.6) is 5.75 Å². The first kappa shape index (κ1) is 22.0. The highest BCUT2D eigenvalue weighted by molar-refractivity contribution is 9.10. The van der Waals surface area contributed by atoms with Gasteiger partial charge in [-0.1, -0.05) is 25.1 Å². The summed E-state index contributed by atoms with van der Waals surface area (Å²) in [5.74, 6) is -1.86. The number of nitrogens with one attached hydrogen (secondary N) is 2. The maximum atomic E-state index is 12.6. The predicted molar refractivity (Wildman–Crippen MR) is 115 cm³/mol. The second kappa shape index (κ2) is 8.96. The van der Waals surface area contributed by atoms with Crippen molar-refractivity contribution >= 4 is 51.2 Å². The summed E-state index contributed by atoms with van der Waals surface area (Å²) in [6.07, 6.45) is 1.92. The molecule has 4 amide bonds. The summed E-state index contributed by atoms with van der Waals surface area (Å²) in [6, 6.07) is 8.81. The molecule has 1 aliphatic heterocycles. The number of urea groups is 1. The van der Waals surface area contributed by atoms with Crippen molar-refractivity contribution in [3.8, 4) is 5.75 Å². The lowest BCUT2D eigenvalue weighted by Gasteiger charge is -2.13. The molecule has 0 radical (unpaired) electrons. The Balaban J connectivity index is 1.78. The maximum absolute atomic E-state index is 12.6. The van der Waals surface area contributed by atoms with Crippen molar-refractivity contribution < 1.29 is 24.4 Å². The topological polar surface area (TPSA) is 142 Å². The van der Waals surface area contributed by atoms with E-state index in [9.17, 15) is 29.6 Å². The monoisotopic (exact) mass is 488 g/mol. The average molecular weight is 489 g/mol. The van der Waals surface area contributed by atoms with Gasteiger partial charge in [0.1, 0.15) is 12.2 Å². The number of hydrogen-bond donors (Lipinski definition) is 3. The van der Waals surface area contributed by atoms with Crippen molar-refractivity contribution in [1.82, 2.24) is 10.2 Å². The molecular weight excluding hydrogens is 472 g/mol. The van der Waals surface area contributed by atoms with E-state index in [0.29, 0.717) is 12.1 Å². The SMILES string of the molecule is CCc1ccccc1NC(=O)CN1C(=O)N/C(=C/c2cc(Br)c(O)c([N+](=O)[O-])c2)C1=O. The van der Waals surface area contributed by atoms with Crippen molar-refractivity contribution in [2.24, 2.45) is 0 Å². The van der Waals surface area contributed by atoms with Gasteiger partial charge in [0.15, 0.2) is 0 Å². The van der Waals surface area contributed by atoms with Crippen molar-refractivity contribution in [2.75, 3.05) is 11.9 Å². The number of aromatic hydroxyl groups is 1. The summed E-state index contributed by atoms with van der Waals surface area (Å²) in [5, 5.41) is 25.8. The minimum atomic E-state index is -0.789. The molecule has 1 aliphatic rings. The number of rotatable bonds is 6. The van der Waals surface area contributed by atoms with E-state index in [-0.39, 0.29) is 15.7 Å². The lowest BCUT2D eigenvalue weighted by molar-refractivity contribution is -0.386. The fourth-order valence-electron chi connectivity index (χ4n) is 2.99. The number of nitrogens with zero attached hydrogens (tertiary/aromatic N) is 2. The molecule has 0 bridgehead atoms. The summed E-state index contributed by atoms with van der Waals surface area (Å²) >= 11 is 3.01. The van der Waals surface area contributed by atoms with Gasteiger partial charge in [-0.3, -0.25) is 19.7 Å². The Morgan fingerprint density at radius 1 is 1.32 bits per heavy atom. The van der Waals surface area contributed by atoms with Crippen LogP contribution in [0.3, 0.4) is 0 Å². The minimum Gasteiger partial charge on any atom is -0.501 e. The van der Waals surface area contributed by atoms with Gasteiger partial charge < -0.3 is 15.7 Å². The van der Waals surface area contributed by atoms with Crippen LogP contribution in [0.1, 0.15) is 18.1 Å². The number of carbonyl (C=O) groups excluding carboxylic acids is 3. The van der Waals surface area contributed by atoms with Crippen molar-refractivity contribution in [1.29, 1.82) is 0 Å². The third-order valence-electron chi connectivity index (χ3n) is 4.51. The Bertz CT molecular complexity index is 1130. The number of benzene rings is 2. The number of aryl methyl sites for hydroxylation is 1. The number of carbonyl (C=O) groups is 3. The van der Waals surface area contributed by atoms with Crippen LogP contribution < -0.4 is 10.6 Å². The fourth-order valence-corrected chi connectivity index (χ4v) is 3.46. The molecular formula is C20H17BrN4O6. The Morgan fingerprint density at radius 3 is 2.71 bits per heavy atom. The van der Waals surface area contributed by atoms with E-state index >= 15 is 0 Å². The lowest BCUT2D eigenvalue weighted by atomic mass is 10.1. The quantitative estimate of drug-likeness (QED) is 0.246. The molecule has 0 unspecified atom stereocenters. The van der Waals surface area contributed by atoms with Gasteiger partial charge in [0.2, 0.25) is 11.7 Å². The number of hydrogen-bond acceptors (Lipinski definition) is 6. The van der Waals surface area contributed by atoms with Crippen molar-refractivity contribution in [3.63, 3.8) is 0 Å². The first-order chi connectivity index (χ1) is 14.7. The van der Waals surface area contributed by atoms with Gasteiger partial charge in [0, 0.05) is 11.8 Å². The average Bonchev–Trinajstić information content (AvgIpc) is 2.98. The molecule has 3 N–H and O–H groups in total. The maximum Gasteiger partial charge on any atom is 0.329 e. The standard InChI is InChI=1S/C20H17BrN4O6/c1-2-12-5-3-4-6-14(12)22-17(26)10-24-19(28)15(23-20(24)29)8-11-7-13(21)18(27)16(9-11)25(30)31/h3-9,27H,2,10H2,1H3,(H,22,26)(H,23,29)/b15-8+. The summed E-state index contributed by atoms with van der Waals surface area (Å²) in [4.78, 5) is 48.2. The highest BCUT2D eigenvalue weighted by atomic mass is 79.9. The number of nitro groups is 1. The molecule has 11 heteroatoms. The second-order valence-electron chi connectivity index (χ2n) is 6.57. The second-order valence-corrected chi connectivity index (χ2v) is 7.42. The van der Waals surface area contributed by atoms with Gasteiger partial charge in [-0.2, -0.15) is 0 Å². The summed E-state index contributed by atoms with van der Waals surface area (Å²) in [6.45, 7) is 1.44. The van der Waals surface area contributed by atoms with Crippen molar-refractivity contribution in [2.45, 2.75) is 13.3 Å². The van der Waals surface area contributed by atoms with Gasteiger partial charge in [-0.25, -0.2) is 9.69 Å². The molecule has 160 valence electrons.